The lowest BCUT2D eigenvalue weighted by Gasteiger charge is -2.45. The molecule has 6 nitrogen and oxygen atoms in total. The van der Waals surface area contributed by atoms with Gasteiger partial charge in [-0.15, -0.1) is 0 Å². The molecule has 7 heteroatoms. The Kier molecular flexibility index (Phi) is 5.15. The zero-order valence-corrected chi connectivity index (χ0v) is 18.8. The lowest BCUT2D eigenvalue weighted by molar-refractivity contribution is -0.122. The van der Waals surface area contributed by atoms with Gasteiger partial charge in [0, 0.05) is 18.3 Å². The normalized spacial score (nSPS) is 21.6. The number of para-hydroxylation sites is 1. The molecule has 0 spiro atoms. The van der Waals surface area contributed by atoms with Crippen LogP contribution < -0.4 is 15.1 Å². The third-order valence-corrected chi connectivity index (χ3v) is 6.52. The van der Waals surface area contributed by atoms with E-state index in [0.717, 1.165) is 29.3 Å². The van der Waals surface area contributed by atoms with Crippen LogP contribution in [-0.4, -0.2) is 30.4 Å². The SMILES string of the molecule is Cc1cc2c(cc1/C=C1/C(=O)NC(=O)N(c3ccccc3F)C1=O)C(C)CC(C)(C)N2C. The number of halogens is 1. The summed E-state index contributed by atoms with van der Waals surface area (Å²) in [5.41, 5.74) is 3.46. The van der Waals surface area contributed by atoms with E-state index in [1.54, 1.807) is 0 Å². The summed E-state index contributed by atoms with van der Waals surface area (Å²) in [5.74, 6) is -2.08. The molecular formula is C25H26FN3O3. The van der Waals surface area contributed by atoms with E-state index in [9.17, 15) is 18.8 Å². The molecule has 1 unspecified atom stereocenters. The van der Waals surface area contributed by atoms with Crippen LogP contribution in [0.15, 0.2) is 42.0 Å². The van der Waals surface area contributed by atoms with E-state index in [1.807, 2.05) is 13.0 Å². The van der Waals surface area contributed by atoms with Crippen molar-refractivity contribution in [1.29, 1.82) is 0 Å². The van der Waals surface area contributed by atoms with Crippen LogP contribution in [-0.2, 0) is 9.59 Å². The van der Waals surface area contributed by atoms with E-state index in [4.69, 9.17) is 0 Å². The Bertz CT molecular complexity index is 1180. The fourth-order valence-electron chi connectivity index (χ4n) is 4.55. The molecule has 0 saturated carbocycles. The first-order chi connectivity index (χ1) is 15.0. The number of nitrogens with one attached hydrogen (secondary N) is 1. The van der Waals surface area contributed by atoms with Gasteiger partial charge in [-0.25, -0.2) is 14.1 Å². The van der Waals surface area contributed by atoms with Gasteiger partial charge < -0.3 is 4.90 Å². The van der Waals surface area contributed by atoms with Crippen LogP contribution >= 0.6 is 0 Å². The van der Waals surface area contributed by atoms with E-state index in [-0.39, 0.29) is 16.8 Å². The molecular weight excluding hydrogens is 409 g/mol. The number of imide groups is 2. The zero-order chi connectivity index (χ0) is 23.4. The second kappa shape index (κ2) is 7.58. The minimum atomic E-state index is -0.970. The quantitative estimate of drug-likeness (QED) is 0.556. The molecule has 32 heavy (non-hydrogen) atoms. The monoisotopic (exact) mass is 435 g/mol. The number of rotatable bonds is 2. The van der Waals surface area contributed by atoms with Gasteiger partial charge in [0.15, 0.2) is 0 Å². The van der Waals surface area contributed by atoms with Crippen LogP contribution in [0.25, 0.3) is 6.08 Å². The van der Waals surface area contributed by atoms with Gasteiger partial charge in [0.2, 0.25) is 0 Å². The van der Waals surface area contributed by atoms with E-state index >= 15 is 0 Å². The molecule has 4 amide bonds. The average molecular weight is 435 g/mol. The van der Waals surface area contributed by atoms with Crippen molar-refractivity contribution in [3.63, 3.8) is 0 Å². The Morgan fingerprint density at radius 2 is 1.81 bits per heavy atom. The molecule has 1 saturated heterocycles. The number of fused-ring (bicyclic) bond motifs is 1. The third-order valence-electron chi connectivity index (χ3n) is 6.52. The van der Waals surface area contributed by atoms with Crippen molar-refractivity contribution in [1.82, 2.24) is 5.32 Å². The Balaban J connectivity index is 1.79. The van der Waals surface area contributed by atoms with Gasteiger partial charge in [-0.05, 0) is 80.1 Å². The minimum Gasteiger partial charge on any atom is -0.369 e. The smallest absolute Gasteiger partial charge is 0.336 e. The summed E-state index contributed by atoms with van der Waals surface area (Å²) in [6.45, 7) is 8.49. The second-order valence-corrected chi connectivity index (χ2v) is 9.15. The number of hydrogen-bond acceptors (Lipinski definition) is 4. The standard InChI is InChI=1S/C25H26FN3O3/c1-14-10-21-17(15(2)13-25(3,4)28(21)5)11-16(14)12-18-22(30)27-24(32)29(23(18)31)20-9-7-6-8-19(20)26/h6-12,15H,13H2,1-5H3,(H,27,30,32)/b18-12-. The van der Waals surface area contributed by atoms with Crippen LogP contribution in [0.1, 0.15) is 49.8 Å². The van der Waals surface area contributed by atoms with Crippen molar-refractivity contribution in [3.05, 3.63) is 64.5 Å². The van der Waals surface area contributed by atoms with Crippen LogP contribution in [0.5, 0.6) is 0 Å². The summed E-state index contributed by atoms with van der Waals surface area (Å²) in [6, 6.07) is 8.55. The Hall–Kier alpha value is -3.48. The molecule has 1 atom stereocenters. The molecule has 1 N–H and O–H groups in total. The molecule has 2 aliphatic rings. The fraction of sp³-hybridized carbons (Fsp3) is 0.320. The number of carbonyl (C=O) groups excluding carboxylic acids is 3. The first kappa shape index (κ1) is 21.7. The molecule has 166 valence electrons. The maximum Gasteiger partial charge on any atom is 0.336 e. The van der Waals surface area contributed by atoms with E-state index in [2.05, 4.69) is 44.1 Å². The Labute approximate surface area is 186 Å². The highest BCUT2D eigenvalue weighted by Crippen LogP contribution is 2.43. The average Bonchev–Trinajstić information content (AvgIpc) is 2.71. The molecule has 2 aromatic rings. The van der Waals surface area contributed by atoms with Crippen molar-refractivity contribution in [2.75, 3.05) is 16.8 Å². The number of barbiturate groups is 1. The van der Waals surface area contributed by atoms with Crippen molar-refractivity contribution >= 4 is 35.3 Å². The highest BCUT2D eigenvalue weighted by molar-refractivity contribution is 6.39. The summed E-state index contributed by atoms with van der Waals surface area (Å²) < 4.78 is 14.3. The number of amides is 4. The highest BCUT2D eigenvalue weighted by atomic mass is 19.1. The lowest BCUT2D eigenvalue weighted by atomic mass is 9.79. The van der Waals surface area contributed by atoms with Gasteiger partial charge in [0.05, 0.1) is 5.69 Å². The fourth-order valence-corrected chi connectivity index (χ4v) is 4.55. The molecule has 0 aliphatic carbocycles. The number of urea groups is 1. The molecule has 2 aromatic carbocycles. The minimum absolute atomic E-state index is 0.0126. The van der Waals surface area contributed by atoms with Gasteiger partial charge in [-0.3, -0.25) is 14.9 Å². The third kappa shape index (κ3) is 3.47. The van der Waals surface area contributed by atoms with Gasteiger partial charge in [0.1, 0.15) is 11.4 Å². The molecule has 2 heterocycles. The topological polar surface area (TPSA) is 69.7 Å². The predicted octanol–water partition coefficient (Wildman–Crippen LogP) is 4.52. The number of hydrogen-bond donors (Lipinski definition) is 1. The highest BCUT2D eigenvalue weighted by Gasteiger charge is 2.38. The van der Waals surface area contributed by atoms with Gasteiger partial charge in [-0.1, -0.05) is 19.1 Å². The predicted molar refractivity (Wildman–Crippen MR) is 122 cm³/mol. The molecule has 0 bridgehead atoms. The number of nitrogens with zero attached hydrogens (tertiary/aromatic N) is 2. The van der Waals surface area contributed by atoms with E-state index < -0.39 is 23.7 Å². The lowest BCUT2D eigenvalue weighted by Crippen LogP contribution is -2.54. The first-order valence-corrected chi connectivity index (χ1v) is 10.6. The summed E-state index contributed by atoms with van der Waals surface area (Å²) in [7, 11) is 2.07. The van der Waals surface area contributed by atoms with Crippen LogP contribution in [0.3, 0.4) is 0 Å². The van der Waals surface area contributed by atoms with Gasteiger partial charge >= 0.3 is 6.03 Å². The largest absolute Gasteiger partial charge is 0.369 e. The van der Waals surface area contributed by atoms with Crippen molar-refractivity contribution in [2.45, 2.75) is 45.6 Å². The maximum atomic E-state index is 14.3. The molecule has 1 fully saturated rings. The number of carbonyl (C=O) groups is 3. The van der Waals surface area contributed by atoms with E-state index in [0.29, 0.717) is 16.4 Å². The Morgan fingerprint density at radius 3 is 2.50 bits per heavy atom. The first-order valence-electron chi connectivity index (χ1n) is 10.6. The molecule has 0 aromatic heterocycles. The number of aryl methyl sites for hydroxylation is 1. The maximum absolute atomic E-state index is 14.3. The van der Waals surface area contributed by atoms with Gasteiger partial charge in [-0.2, -0.15) is 0 Å². The zero-order valence-electron chi connectivity index (χ0n) is 18.8. The van der Waals surface area contributed by atoms with Crippen molar-refractivity contribution < 1.29 is 18.8 Å². The van der Waals surface area contributed by atoms with E-state index in [1.165, 1.54) is 24.3 Å². The molecule has 0 radical (unpaired) electrons. The summed E-state index contributed by atoms with van der Waals surface area (Å²) in [4.78, 5) is 40.9. The van der Waals surface area contributed by atoms with Crippen molar-refractivity contribution in [3.8, 4) is 0 Å². The Morgan fingerprint density at radius 1 is 1.12 bits per heavy atom. The summed E-state index contributed by atoms with van der Waals surface area (Å²) in [6.07, 6.45) is 2.45. The van der Waals surface area contributed by atoms with Crippen LogP contribution in [0, 0.1) is 12.7 Å². The number of benzene rings is 2. The molecule has 4 rings (SSSR count). The van der Waals surface area contributed by atoms with Gasteiger partial charge in [0.25, 0.3) is 11.8 Å². The summed E-state index contributed by atoms with van der Waals surface area (Å²) >= 11 is 0. The number of anilines is 2. The van der Waals surface area contributed by atoms with Crippen molar-refractivity contribution in [2.24, 2.45) is 0 Å². The van der Waals surface area contributed by atoms with Crippen LogP contribution in [0.2, 0.25) is 0 Å². The summed E-state index contributed by atoms with van der Waals surface area (Å²) in [5, 5.41) is 2.15. The molecule has 2 aliphatic heterocycles. The second-order valence-electron chi connectivity index (χ2n) is 9.15. The van der Waals surface area contributed by atoms with Crippen LogP contribution in [0.4, 0.5) is 20.6 Å².